The molecule has 0 aromatic heterocycles. The van der Waals surface area contributed by atoms with Gasteiger partial charge in [0, 0.05) is 18.7 Å². The van der Waals surface area contributed by atoms with E-state index in [-0.39, 0.29) is 18.6 Å². The van der Waals surface area contributed by atoms with Crippen molar-refractivity contribution in [1.82, 2.24) is 4.90 Å². The van der Waals surface area contributed by atoms with Crippen LogP contribution in [0.25, 0.3) is 6.08 Å². The summed E-state index contributed by atoms with van der Waals surface area (Å²) in [6.45, 7) is 7.63. The summed E-state index contributed by atoms with van der Waals surface area (Å²) < 4.78 is 16.4. The standard InChI is InChI=1S/C22H31NO5/c1-4-14-27-19-11-9-18(15-20(19)26-5-2)10-12-22(25)28-16-21(24)23-13-7-6-8-17(23)3/h9-12,15,17H,4-8,13-14,16H2,1-3H3/b12-10+. The van der Waals surface area contributed by atoms with Gasteiger partial charge in [0.2, 0.25) is 0 Å². The Morgan fingerprint density at radius 3 is 2.71 bits per heavy atom. The predicted octanol–water partition coefficient (Wildman–Crippen LogP) is 3.83. The molecule has 1 atom stereocenters. The van der Waals surface area contributed by atoms with Gasteiger partial charge in [-0.05, 0) is 63.3 Å². The molecular formula is C22H31NO5. The summed E-state index contributed by atoms with van der Waals surface area (Å²) in [6.07, 6.45) is 7.02. The zero-order valence-electron chi connectivity index (χ0n) is 17.1. The Morgan fingerprint density at radius 2 is 2.00 bits per heavy atom. The third-order valence-electron chi connectivity index (χ3n) is 4.60. The topological polar surface area (TPSA) is 65.1 Å². The molecule has 6 nitrogen and oxygen atoms in total. The Hall–Kier alpha value is -2.50. The Morgan fingerprint density at radius 1 is 1.18 bits per heavy atom. The Balaban J connectivity index is 1.90. The molecule has 6 heteroatoms. The molecular weight excluding hydrogens is 358 g/mol. The summed E-state index contributed by atoms with van der Waals surface area (Å²) in [5, 5.41) is 0. The van der Waals surface area contributed by atoms with Crippen LogP contribution >= 0.6 is 0 Å². The van der Waals surface area contributed by atoms with Gasteiger partial charge in [-0.25, -0.2) is 4.79 Å². The fraction of sp³-hybridized carbons (Fsp3) is 0.545. The quantitative estimate of drug-likeness (QED) is 0.474. The number of likely N-dealkylation sites (tertiary alicyclic amines) is 1. The van der Waals surface area contributed by atoms with Gasteiger partial charge in [0.25, 0.3) is 5.91 Å². The zero-order valence-corrected chi connectivity index (χ0v) is 17.1. The number of carbonyl (C=O) groups is 2. The van der Waals surface area contributed by atoms with Gasteiger partial charge in [-0.3, -0.25) is 4.79 Å². The predicted molar refractivity (Wildman–Crippen MR) is 108 cm³/mol. The molecule has 2 rings (SSSR count). The second kappa shape index (κ2) is 11.4. The summed E-state index contributed by atoms with van der Waals surface area (Å²) in [5.74, 6) is 0.651. The molecule has 1 aromatic rings. The van der Waals surface area contributed by atoms with Crippen LogP contribution in [0.3, 0.4) is 0 Å². The number of rotatable bonds is 9. The van der Waals surface area contributed by atoms with Crippen LogP contribution in [0.15, 0.2) is 24.3 Å². The number of hydrogen-bond acceptors (Lipinski definition) is 5. The molecule has 0 saturated carbocycles. The van der Waals surface area contributed by atoms with Gasteiger partial charge in [-0.2, -0.15) is 0 Å². The average Bonchev–Trinajstić information content (AvgIpc) is 2.70. The zero-order chi connectivity index (χ0) is 20.4. The maximum absolute atomic E-state index is 12.2. The van der Waals surface area contributed by atoms with Crippen LogP contribution in [-0.2, 0) is 14.3 Å². The van der Waals surface area contributed by atoms with Gasteiger partial charge in [0.05, 0.1) is 13.2 Å². The van der Waals surface area contributed by atoms with Crippen LogP contribution in [0.5, 0.6) is 11.5 Å². The van der Waals surface area contributed by atoms with Crippen LogP contribution in [0.1, 0.15) is 52.0 Å². The van der Waals surface area contributed by atoms with Crippen LogP contribution in [0, 0.1) is 0 Å². The SMILES string of the molecule is CCCOc1ccc(/C=C/C(=O)OCC(=O)N2CCCCC2C)cc1OCC. The molecule has 154 valence electrons. The molecule has 1 amide bonds. The first-order chi connectivity index (χ1) is 13.5. The number of nitrogens with zero attached hydrogens (tertiary/aromatic N) is 1. The van der Waals surface area contributed by atoms with E-state index >= 15 is 0 Å². The highest BCUT2D eigenvalue weighted by Crippen LogP contribution is 2.29. The van der Waals surface area contributed by atoms with Crippen LogP contribution in [0.2, 0.25) is 0 Å². The second-order valence-corrected chi connectivity index (χ2v) is 6.86. The van der Waals surface area contributed by atoms with Gasteiger partial charge in [0.15, 0.2) is 18.1 Å². The van der Waals surface area contributed by atoms with Crippen molar-refractivity contribution in [3.63, 3.8) is 0 Å². The van der Waals surface area contributed by atoms with Gasteiger partial charge >= 0.3 is 5.97 Å². The molecule has 0 spiro atoms. The molecule has 1 unspecified atom stereocenters. The normalized spacial score (nSPS) is 16.8. The lowest BCUT2D eigenvalue weighted by molar-refractivity contribution is -0.149. The molecule has 1 fully saturated rings. The van der Waals surface area contributed by atoms with Crippen molar-refractivity contribution in [2.75, 3.05) is 26.4 Å². The fourth-order valence-corrected chi connectivity index (χ4v) is 3.12. The van der Waals surface area contributed by atoms with E-state index in [4.69, 9.17) is 14.2 Å². The highest BCUT2D eigenvalue weighted by atomic mass is 16.5. The van der Waals surface area contributed by atoms with Crippen LogP contribution in [0.4, 0.5) is 0 Å². The first kappa shape index (κ1) is 21.8. The minimum Gasteiger partial charge on any atom is -0.490 e. The number of hydrogen-bond donors (Lipinski definition) is 0. The summed E-state index contributed by atoms with van der Waals surface area (Å²) >= 11 is 0. The fourth-order valence-electron chi connectivity index (χ4n) is 3.12. The average molecular weight is 389 g/mol. The highest BCUT2D eigenvalue weighted by molar-refractivity contribution is 5.89. The maximum Gasteiger partial charge on any atom is 0.331 e. The molecule has 1 saturated heterocycles. The molecule has 1 aliphatic rings. The summed E-state index contributed by atoms with van der Waals surface area (Å²) in [7, 11) is 0. The van der Waals surface area contributed by atoms with E-state index in [1.165, 1.54) is 6.08 Å². The lowest BCUT2D eigenvalue weighted by Gasteiger charge is -2.33. The number of esters is 1. The lowest BCUT2D eigenvalue weighted by atomic mass is 10.0. The van der Waals surface area contributed by atoms with Crippen molar-refractivity contribution < 1.29 is 23.8 Å². The molecule has 0 radical (unpaired) electrons. The van der Waals surface area contributed by atoms with Crippen molar-refractivity contribution in [2.24, 2.45) is 0 Å². The van der Waals surface area contributed by atoms with Crippen molar-refractivity contribution in [3.05, 3.63) is 29.8 Å². The number of benzene rings is 1. The Kier molecular flexibility index (Phi) is 8.85. The summed E-state index contributed by atoms with van der Waals surface area (Å²) in [5.41, 5.74) is 0.792. The first-order valence-electron chi connectivity index (χ1n) is 10.1. The van der Waals surface area contributed by atoms with Crippen molar-refractivity contribution >= 4 is 18.0 Å². The van der Waals surface area contributed by atoms with Gasteiger partial charge < -0.3 is 19.1 Å². The van der Waals surface area contributed by atoms with Gasteiger partial charge in [-0.1, -0.05) is 13.0 Å². The molecule has 0 aliphatic carbocycles. The number of ether oxygens (including phenoxy) is 3. The number of carbonyl (C=O) groups excluding carboxylic acids is 2. The van der Waals surface area contributed by atoms with Crippen molar-refractivity contribution in [3.8, 4) is 11.5 Å². The Labute approximate surface area is 167 Å². The van der Waals surface area contributed by atoms with E-state index in [2.05, 4.69) is 0 Å². The van der Waals surface area contributed by atoms with E-state index in [9.17, 15) is 9.59 Å². The summed E-state index contributed by atoms with van der Waals surface area (Å²) in [4.78, 5) is 26.0. The van der Waals surface area contributed by atoms with E-state index < -0.39 is 5.97 Å². The van der Waals surface area contributed by atoms with Gasteiger partial charge in [-0.15, -0.1) is 0 Å². The minimum absolute atomic E-state index is 0.134. The molecule has 0 N–H and O–H groups in total. The molecule has 1 aliphatic heterocycles. The van der Waals surface area contributed by atoms with Crippen LogP contribution in [-0.4, -0.2) is 49.2 Å². The Bertz CT molecular complexity index is 686. The highest BCUT2D eigenvalue weighted by Gasteiger charge is 2.23. The van der Waals surface area contributed by atoms with E-state index in [0.717, 1.165) is 37.8 Å². The second-order valence-electron chi connectivity index (χ2n) is 6.86. The molecule has 1 aromatic carbocycles. The summed E-state index contributed by atoms with van der Waals surface area (Å²) in [6, 6.07) is 5.70. The monoisotopic (exact) mass is 389 g/mol. The third-order valence-corrected chi connectivity index (χ3v) is 4.60. The van der Waals surface area contributed by atoms with Crippen molar-refractivity contribution in [2.45, 2.75) is 52.5 Å². The van der Waals surface area contributed by atoms with Crippen molar-refractivity contribution in [1.29, 1.82) is 0 Å². The van der Waals surface area contributed by atoms with E-state index in [1.807, 2.05) is 39.0 Å². The van der Waals surface area contributed by atoms with Gasteiger partial charge in [0.1, 0.15) is 0 Å². The van der Waals surface area contributed by atoms with E-state index in [0.29, 0.717) is 24.7 Å². The molecule has 28 heavy (non-hydrogen) atoms. The third kappa shape index (κ3) is 6.59. The number of amides is 1. The maximum atomic E-state index is 12.2. The number of piperidine rings is 1. The largest absolute Gasteiger partial charge is 0.490 e. The minimum atomic E-state index is -0.540. The molecule has 0 bridgehead atoms. The lowest BCUT2D eigenvalue weighted by Crippen LogP contribution is -2.44. The van der Waals surface area contributed by atoms with E-state index in [1.54, 1.807) is 11.0 Å². The smallest absolute Gasteiger partial charge is 0.331 e. The first-order valence-corrected chi connectivity index (χ1v) is 10.1. The van der Waals surface area contributed by atoms with Crippen LogP contribution < -0.4 is 9.47 Å². The molecule has 1 heterocycles.